The van der Waals surface area contributed by atoms with Crippen LogP contribution in [0, 0.1) is 0 Å². The molecule has 0 radical (unpaired) electrons. The number of allylic oxidation sites excluding steroid dienone is 5. The highest BCUT2D eigenvalue weighted by molar-refractivity contribution is 7.85. The second-order valence-electron chi connectivity index (χ2n) is 14.0. The van der Waals surface area contributed by atoms with E-state index in [-0.39, 0.29) is 6.42 Å². The van der Waals surface area contributed by atoms with Gasteiger partial charge in [-0.15, -0.1) is 0 Å². The standard InChI is InChI=1S/C41H77NO6S/c1-3-5-7-9-11-13-15-16-17-18-19-20-21-22-23-24-26-27-29-31-33-35-39(43)38(37-49(46,47)48)42-41(45)40(44)36-34-32-30-28-25-14-12-10-8-6-4-2/h21-22,26-27,33,35,38-40,43-44H,3-20,23-25,28-32,34,36-37H2,1-2H3,(H,42,45)(H,46,47,48)/b22-21+,27-26+,35-33+. The molecule has 49 heavy (non-hydrogen) atoms. The van der Waals surface area contributed by atoms with Gasteiger partial charge in [-0.05, 0) is 44.9 Å². The zero-order valence-electron chi connectivity index (χ0n) is 31.7. The van der Waals surface area contributed by atoms with E-state index in [9.17, 15) is 28.0 Å². The lowest BCUT2D eigenvalue weighted by Crippen LogP contribution is -2.50. The number of carbonyl (C=O) groups is 1. The number of aliphatic hydroxyl groups is 2. The lowest BCUT2D eigenvalue weighted by molar-refractivity contribution is -0.130. The second kappa shape index (κ2) is 34.9. The predicted octanol–water partition coefficient (Wildman–Crippen LogP) is 10.7. The van der Waals surface area contributed by atoms with E-state index in [0.29, 0.717) is 12.8 Å². The Kier molecular flexibility index (Phi) is 33.9. The van der Waals surface area contributed by atoms with Crippen LogP contribution in [0.5, 0.6) is 0 Å². The summed E-state index contributed by atoms with van der Waals surface area (Å²) in [5.41, 5.74) is 0. The summed E-state index contributed by atoms with van der Waals surface area (Å²) in [5.74, 6) is -1.56. The molecule has 0 bridgehead atoms. The third-order valence-corrected chi connectivity index (χ3v) is 9.94. The largest absolute Gasteiger partial charge is 0.387 e. The number of hydrogen-bond donors (Lipinski definition) is 4. The number of hydrogen-bond acceptors (Lipinski definition) is 5. The van der Waals surface area contributed by atoms with Gasteiger partial charge in [0.05, 0.1) is 17.9 Å². The third-order valence-electron chi connectivity index (χ3n) is 9.15. The highest BCUT2D eigenvalue weighted by atomic mass is 32.2. The van der Waals surface area contributed by atoms with Gasteiger partial charge in [-0.3, -0.25) is 9.35 Å². The lowest BCUT2D eigenvalue weighted by atomic mass is 10.0. The third kappa shape index (κ3) is 34.7. The summed E-state index contributed by atoms with van der Waals surface area (Å²) in [4.78, 5) is 12.5. The smallest absolute Gasteiger partial charge is 0.267 e. The molecular formula is C41H77NO6S. The zero-order chi connectivity index (χ0) is 36.3. The predicted molar refractivity (Wildman–Crippen MR) is 208 cm³/mol. The van der Waals surface area contributed by atoms with Crippen molar-refractivity contribution in [2.24, 2.45) is 0 Å². The van der Waals surface area contributed by atoms with Gasteiger partial charge in [0.25, 0.3) is 10.1 Å². The SMILES string of the molecule is CCCCCCCCCCCCC/C=C/CC/C=C/CC/C=C/C(O)C(CS(=O)(=O)O)NC(=O)C(O)CCCCCCCCCCCCC. The number of amides is 1. The average molecular weight is 712 g/mol. The number of nitrogens with one attached hydrogen (secondary N) is 1. The van der Waals surface area contributed by atoms with Crippen molar-refractivity contribution in [2.45, 2.75) is 212 Å². The molecule has 0 fully saturated rings. The van der Waals surface area contributed by atoms with E-state index in [0.717, 1.165) is 44.9 Å². The number of unbranched alkanes of at least 4 members (excludes halogenated alkanes) is 23. The molecule has 0 aromatic rings. The Morgan fingerprint density at radius 3 is 1.35 bits per heavy atom. The molecule has 0 aliphatic heterocycles. The molecule has 0 spiro atoms. The maximum atomic E-state index is 12.5. The molecular weight excluding hydrogens is 635 g/mol. The maximum Gasteiger partial charge on any atom is 0.267 e. The number of aliphatic hydroxyl groups excluding tert-OH is 2. The molecule has 0 aromatic carbocycles. The minimum atomic E-state index is -4.45. The lowest BCUT2D eigenvalue weighted by Gasteiger charge is -2.22. The Bertz CT molecular complexity index is 932. The van der Waals surface area contributed by atoms with E-state index in [1.165, 1.54) is 122 Å². The molecule has 4 N–H and O–H groups in total. The first-order valence-corrected chi connectivity index (χ1v) is 21.9. The van der Waals surface area contributed by atoms with E-state index in [1.807, 2.05) is 0 Å². The minimum absolute atomic E-state index is 0.273. The van der Waals surface area contributed by atoms with Gasteiger partial charge >= 0.3 is 0 Å². The van der Waals surface area contributed by atoms with Gasteiger partial charge in [0, 0.05) is 0 Å². The highest BCUT2D eigenvalue weighted by Gasteiger charge is 2.27. The molecule has 288 valence electrons. The second-order valence-corrected chi connectivity index (χ2v) is 15.5. The van der Waals surface area contributed by atoms with Crippen LogP contribution in [0.4, 0.5) is 0 Å². The molecule has 3 unspecified atom stereocenters. The Balaban J connectivity index is 4.10. The van der Waals surface area contributed by atoms with Crippen LogP contribution in [0.2, 0.25) is 0 Å². The fourth-order valence-corrected chi connectivity index (χ4v) is 6.75. The van der Waals surface area contributed by atoms with Crippen LogP contribution in [0.15, 0.2) is 36.5 Å². The van der Waals surface area contributed by atoms with Crippen LogP contribution in [0.3, 0.4) is 0 Å². The average Bonchev–Trinajstić information content (AvgIpc) is 3.06. The van der Waals surface area contributed by atoms with E-state index in [2.05, 4.69) is 43.5 Å². The van der Waals surface area contributed by atoms with Crippen LogP contribution >= 0.6 is 0 Å². The highest BCUT2D eigenvalue weighted by Crippen LogP contribution is 2.14. The van der Waals surface area contributed by atoms with Crippen molar-refractivity contribution in [2.75, 3.05) is 5.75 Å². The van der Waals surface area contributed by atoms with Crippen LogP contribution < -0.4 is 5.32 Å². The van der Waals surface area contributed by atoms with Gasteiger partial charge in [-0.25, -0.2) is 0 Å². The first-order valence-electron chi connectivity index (χ1n) is 20.3. The van der Waals surface area contributed by atoms with Crippen molar-refractivity contribution < 1.29 is 28.0 Å². The topological polar surface area (TPSA) is 124 Å². The molecule has 0 heterocycles. The van der Waals surface area contributed by atoms with Gasteiger partial charge in [0.1, 0.15) is 6.10 Å². The molecule has 8 heteroatoms. The maximum absolute atomic E-state index is 12.5. The Morgan fingerprint density at radius 2 is 0.918 bits per heavy atom. The normalized spacial score (nSPS) is 14.3. The molecule has 0 aliphatic rings. The quantitative estimate of drug-likeness (QED) is 0.0291. The van der Waals surface area contributed by atoms with Gasteiger partial charge in [0.15, 0.2) is 0 Å². The first-order chi connectivity index (χ1) is 23.7. The van der Waals surface area contributed by atoms with Crippen molar-refractivity contribution in [3.8, 4) is 0 Å². The molecule has 0 saturated carbocycles. The van der Waals surface area contributed by atoms with Crippen LogP contribution in [0.1, 0.15) is 194 Å². The molecule has 0 aromatic heterocycles. The van der Waals surface area contributed by atoms with Crippen LogP contribution in [0.25, 0.3) is 0 Å². The molecule has 0 saturated heterocycles. The summed E-state index contributed by atoms with van der Waals surface area (Å²) in [5, 5.41) is 23.3. The van der Waals surface area contributed by atoms with E-state index in [4.69, 9.17) is 0 Å². The van der Waals surface area contributed by atoms with Crippen molar-refractivity contribution in [1.82, 2.24) is 5.32 Å². The van der Waals surface area contributed by atoms with Crippen LogP contribution in [-0.4, -0.2) is 53.1 Å². The van der Waals surface area contributed by atoms with Gasteiger partial charge in [-0.1, -0.05) is 185 Å². The van der Waals surface area contributed by atoms with Crippen molar-refractivity contribution in [3.05, 3.63) is 36.5 Å². The first kappa shape index (κ1) is 47.5. The Morgan fingerprint density at radius 1 is 0.551 bits per heavy atom. The van der Waals surface area contributed by atoms with Gasteiger partial charge in [-0.2, -0.15) is 8.42 Å². The fourth-order valence-electron chi connectivity index (χ4n) is 6.02. The fraction of sp³-hybridized carbons (Fsp3) is 0.829. The molecule has 3 atom stereocenters. The summed E-state index contributed by atoms with van der Waals surface area (Å²) in [6.45, 7) is 4.49. The summed E-state index contributed by atoms with van der Waals surface area (Å²) in [7, 11) is -4.45. The summed E-state index contributed by atoms with van der Waals surface area (Å²) in [6.07, 6.45) is 42.1. The Labute approximate surface area is 302 Å². The Hall–Kier alpha value is -1.48. The van der Waals surface area contributed by atoms with Crippen molar-refractivity contribution in [1.29, 1.82) is 0 Å². The van der Waals surface area contributed by atoms with Gasteiger partial charge in [0.2, 0.25) is 5.91 Å². The van der Waals surface area contributed by atoms with Crippen LogP contribution in [-0.2, 0) is 14.9 Å². The van der Waals surface area contributed by atoms with Crippen molar-refractivity contribution in [3.63, 3.8) is 0 Å². The zero-order valence-corrected chi connectivity index (χ0v) is 32.5. The molecule has 7 nitrogen and oxygen atoms in total. The monoisotopic (exact) mass is 712 g/mol. The van der Waals surface area contributed by atoms with E-state index in [1.54, 1.807) is 6.08 Å². The van der Waals surface area contributed by atoms with Gasteiger partial charge < -0.3 is 15.5 Å². The number of rotatable bonds is 36. The summed E-state index contributed by atoms with van der Waals surface area (Å²) < 4.78 is 32.4. The minimum Gasteiger partial charge on any atom is -0.387 e. The number of carbonyl (C=O) groups excluding carboxylic acids is 1. The van der Waals surface area contributed by atoms with E-state index >= 15 is 0 Å². The molecule has 1 amide bonds. The van der Waals surface area contributed by atoms with Crippen molar-refractivity contribution >= 4 is 16.0 Å². The summed E-state index contributed by atoms with van der Waals surface area (Å²) >= 11 is 0. The summed E-state index contributed by atoms with van der Waals surface area (Å²) in [6, 6.07) is -1.25. The molecule has 0 aliphatic carbocycles. The molecule has 0 rings (SSSR count). The van der Waals surface area contributed by atoms with E-state index < -0.39 is 40.0 Å².